The van der Waals surface area contributed by atoms with Gasteiger partial charge in [0.15, 0.2) is 0 Å². The van der Waals surface area contributed by atoms with Crippen LogP contribution in [0.4, 0.5) is 0 Å². The number of hydrogen-bond donors (Lipinski definition) is 2. The summed E-state index contributed by atoms with van der Waals surface area (Å²) in [5, 5.41) is 3.12. The summed E-state index contributed by atoms with van der Waals surface area (Å²) in [6.07, 6.45) is 0.791. The highest BCUT2D eigenvalue weighted by molar-refractivity contribution is 5.96. The molecule has 0 heterocycles. The normalized spacial score (nSPS) is 19.7. The Balaban J connectivity index is 1.76. The minimum Gasteiger partial charge on any atom is -0.347 e. The Morgan fingerprint density at radius 2 is 1.87 bits per heavy atom. The second-order valence-corrected chi connectivity index (χ2v) is 6.40. The number of nitrogens with zero attached hydrogens (tertiary/aromatic N) is 1. The fourth-order valence-corrected chi connectivity index (χ4v) is 3.23. The summed E-state index contributed by atoms with van der Waals surface area (Å²) in [4.78, 5) is 14.8. The van der Waals surface area contributed by atoms with Gasteiger partial charge in [-0.2, -0.15) is 0 Å². The Bertz CT molecular complexity index is 711. The summed E-state index contributed by atoms with van der Waals surface area (Å²) in [7, 11) is 4.00. The molecule has 0 aromatic heterocycles. The highest BCUT2D eigenvalue weighted by Crippen LogP contribution is 2.29. The highest BCUT2D eigenvalue weighted by atomic mass is 16.1. The van der Waals surface area contributed by atoms with Crippen molar-refractivity contribution in [1.82, 2.24) is 10.2 Å². The maximum atomic E-state index is 12.7. The van der Waals surface area contributed by atoms with E-state index in [1.165, 1.54) is 5.56 Å². The first kappa shape index (κ1) is 15.7. The zero-order chi connectivity index (χ0) is 16.4. The van der Waals surface area contributed by atoms with Crippen molar-refractivity contribution in [3.8, 4) is 0 Å². The molecule has 23 heavy (non-hydrogen) atoms. The van der Waals surface area contributed by atoms with Crippen LogP contribution >= 0.6 is 0 Å². The van der Waals surface area contributed by atoms with Crippen molar-refractivity contribution in [3.05, 3.63) is 70.8 Å². The van der Waals surface area contributed by atoms with Crippen LogP contribution in [0, 0.1) is 0 Å². The first-order valence-corrected chi connectivity index (χ1v) is 7.93. The maximum absolute atomic E-state index is 12.7. The third-order valence-electron chi connectivity index (χ3n) is 4.35. The quantitative estimate of drug-likeness (QED) is 0.909. The molecule has 120 valence electrons. The van der Waals surface area contributed by atoms with E-state index in [2.05, 4.69) is 16.3 Å². The summed E-state index contributed by atoms with van der Waals surface area (Å²) < 4.78 is 0. The van der Waals surface area contributed by atoms with E-state index in [9.17, 15) is 4.79 Å². The fraction of sp³-hybridized carbons (Fsp3) is 0.316. The van der Waals surface area contributed by atoms with Gasteiger partial charge < -0.3 is 16.0 Å². The van der Waals surface area contributed by atoms with Crippen LogP contribution < -0.4 is 11.1 Å². The first-order valence-electron chi connectivity index (χ1n) is 7.93. The third-order valence-corrected chi connectivity index (χ3v) is 4.35. The van der Waals surface area contributed by atoms with Crippen LogP contribution in [-0.2, 0) is 13.0 Å². The lowest BCUT2D eigenvalue weighted by molar-refractivity contribution is 0.0932. The van der Waals surface area contributed by atoms with Gasteiger partial charge in [0, 0.05) is 12.1 Å². The van der Waals surface area contributed by atoms with Gasteiger partial charge >= 0.3 is 0 Å². The molecule has 1 aliphatic rings. The number of rotatable bonds is 4. The van der Waals surface area contributed by atoms with E-state index in [-0.39, 0.29) is 18.0 Å². The van der Waals surface area contributed by atoms with Gasteiger partial charge in [-0.3, -0.25) is 4.79 Å². The molecule has 0 fully saturated rings. The van der Waals surface area contributed by atoms with E-state index in [1.54, 1.807) is 0 Å². The number of hydrogen-bond acceptors (Lipinski definition) is 3. The monoisotopic (exact) mass is 309 g/mol. The molecule has 0 bridgehead atoms. The molecule has 2 aromatic carbocycles. The molecule has 1 aliphatic carbocycles. The SMILES string of the molecule is CN(C)Cc1ccccc1C(=O)N[C@@H]1Cc2ccccc2[C@H]1N. The predicted octanol–water partition coefficient (Wildman–Crippen LogP) is 2.10. The Morgan fingerprint density at radius 3 is 2.61 bits per heavy atom. The van der Waals surface area contributed by atoms with E-state index in [1.807, 2.05) is 56.6 Å². The van der Waals surface area contributed by atoms with Crippen molar-refractivity contribution in [3.63, 3.8) is 0 Å². The molecule has 0 unspecified atom stereocenters. The molecule has 0 saturated heterocycles. The summed E-state index contributed by atoms with van der Waals surface area (Å²) in [5.74, 6) is -0.0456. The summed E-state index contributed by atoms with van der Waals surface area (Å²) >= 11 is 0. The van der Waals surface area contributed by atoms with Gasteiger partial charge in [0.05, 0.1) is 12.1 Å². The average Bonchev–Trinajstić information content (AvgIpc) is 2.84. The van der Waals surface area contributed by atoms with Gasteiger partial charge in [-0.1, -0.05) is 42.5 Å². The van der Waals surface area contributed by atoms with Crippen molar-refractivity contribution in [2.45, 2.75) is 25.0 Å². The molecule has 4 nitrogen and oxygen atoms in total. The van der Waals surface area contributed by atoms with Crippen molar-refractivity contribution in [1.29, 1.82) is 0 Å². The van der Waals surface area contributed by atoms with Crippen LogP contribution in [0.15, 0.2) is 48.5 Å². The molecule has 2 aromatic rings. The third kappa shape index (κ3) is 3.28. The molecule has 0 aliphatic heterocycles. The minimum atomic E-state index is -0.142. The van der Waals surface area contributed by atoms with Gasteiger partial charge in [-0.25, -0.2) is 0 Å². The van der Waals surface area contributed by atoms with E-state index in [0.717, 1.165) is 29.7 Å². The van der Waals surface area contributed by atoms with Crippen LogP contribution in [0.5, 0.6) is 0 Å². The number of carbonyl (C=O) groups excluding carboxylic acids is 1. The maximum Gasteiger partial charge on any atom is 0.251 e. The molecular formula is C19H23N3O. The molecule has 0 radical (unpaired) electrons. The lowest BCUT2D eigenvalue weighted by Gasteiger charge is -2.20. The number of amides is 1. The van der Waals surface area contributed by atoms with Gasteiger partial charge in [0.1, 0.15) is 0 Å². The van der Waals surface area contributed by atoms with Crippen molar-refractivity contribution >= 4 is 5.91 Å². The number of fused-ring (bicyclic) bond motifs is 1. The van der Waals surface area contributed by atoms with E-state index < -0.39 is 0 Å². The minimum absolute atomic E-state index is 0.0456. The number of benzene rings is 2. The van der Waals surface area contributed by atoms with Crippen molar-refractivity contribution < 1.29 is 4.79 Å². The van der Waals surface area contributed by atoms with Gasteiger partial charge in [-0.15, -0.1) is 0 Å². The molecule has 2 atom stereocenters. The lowest BCUT2D eigenvalue weighted by atomic mass is 10.0. The number of carbonyl (C=O) groups is 1. The first-order chi connectivity index (χ1) is 11.1. The molecule has 1 amide bonds. The highest BCUT2D eigenvalue weighted by Gasteiger charge is 2.30. The fourth-order valence-electron chi connectivity index (χ4n) is 3.23. The largest absolute Gasteiger partial charge is 0.347 e. The molecule has 4 heteroatoms. The van der Waals surface area contributed by atoms with Crippen LogP contribution in [-0.4, -0.2) is 30.9 Å². The lowest BCUT2D eigenvalue weighted by Crippen LogP contribution is -2.41. The Morgan fingerprint density at radius 1 is 1.17 bits per heavy atom. The van der Waals surface area contributed by atoms with E-state index in [0.29, 0.717) is 0 Å². The van der Waals surface area contributed by atoms with E-state index >= 15 is 0 Å². The van der Waals surface area contributed by atoms with Crippen LogP contribution in [0.2, 0.25) is 0 Å². The summed E-state index contributed by atoms with van der Waals surface area (Å²) in [5.41, 5.74) is 10.4. The molecule has 0 saturated carbocycles. The van der Waals surface area contributed by atoms with Crippen molar-refractivity contribution in [2.24, 2.45) is 5.73 Å². The average molecular weight is 309 g/mol. The second-order valence-electron chi connectivity index (χ2n) is 6.40. The molecule has 3 N–H and O–H groups in total. The van der Waals surface area contributed by atoms with Crippen LogP contribution in [0.1, 0.15) is 33.1 Å². The predicted molar refractivity (Wildman–Crippen MR) is 92.2 cm³/mol. The van der Waals surface area contributed by atoms with Crippen molar-refractivity contribution in [2.75, 3.05) is 14.1 Å². The standard InChI is InChI=1S/C19H23N3O/c1-22(2)12-14-8-4-6-10-16(14)19(23)21-17-11-13-7-3-5-9-15(13)18(17)20/h3-10,17-18H,11-12,20H2,1-2H3,(H,21,23)/t17-,18-/m1/s1. The van der Waals surface area contributed by atoms with Gasteiger partial charge in [0.25, 0.3) is 5.91 Å². The molecular weight excluding hydrogens is 286 g/mol. The van der Waals surface area contributed by atoms with Gasteiger partial charge in [0.2, 0.25) is 0 Å². The zero-order valence-electron chi connectivity index (χ0n) is 13.6. The number of nitrogens with one attached hydrogen (secondary N) is 1. The Hall–Kier alpha value is -2.17. The van der Waals surface area contributed by atoms with Crippen LogP contribution in [0.3, 0.4) is 0 Å². The Labute approximate surface area is 137 Å². The van der Waals surface area contributed by atoms with Crippen LogP contribution in [0.25, 0.3) is 0 Å². The summed E-state index contributed by atoms with van der Waals surface area (Å²) in [6.45, 7) is 0.737. The molecule has 0 spiro atoms. The topological polar surface area (TPSA) is 58.4 Å². The second kappa shape index (κ2) is 6.52. The smallest absolute Gasteiger partial charge is 0.251 e. The molecule has 3 rings (SSSR count). The van der Waals surface area contributed by atoms with Gasteiger partial charge in [-0.05, 0) is 43.3 Å². The zero-order valence-corrected chi connectivity index (χ0v) is 13.6. The Kier molecular flexibility index (Phi) is 4.46. The van der Waals surface area contributed by atoms with E-state index in [4.69, 9.17) is 5.73 Å². The summed E-state index contributed by atoms with van der Waals surface area (Å²) in [6, 6.07) is 15.7. The number of nitrogens with two attached hydrogens (primary N) is 1.